The van der Waals surface area contributed by atoms with E-state index in [2.05, 4.69) is 44.0 Å². The van der Waals surface area contributed by atoms with Gasteiger partial charge in [-0.3, -0.25) is 4.57 Å². The van der Waals surface area contributed by atoms with Crippen LogP contribution in [-0.4, -0.2) is 55.1 Å². The molecule has 1 saturated heterocycles. The topological polar surface area (TPSA) is 71.8 Å². The molecule has 0 bridgehead atoms. The van der Waals surface area contributed by atoms with Gasteiger partial charge in [0.1, 0.15) is 6.33 Å². The maximum Gasteiger partial charge on any atom is 0.241 e. The lowest BCUT2D eigenvalue weighted by molar-refractivity contribution is 0.700. The first-order chi connectivity index (χ1) is 10.2. The number of thioether (sulfide) groups is 1. The molecule has 2 aromatic rings. The Morgan fingerprint density at radius 1 is 1.14 bits per heavy atom. The van der Waals surface area contributed by atoms with Gasteiger partial charge in [0, 0.05) is 43.0 Å². The quantitative estimate of drug-likeness (QED) is 0.919. The molecule has 0 amide bonds. The zero-order valence-corrected chi connectivity index (χ0v) is 13.2. The van der Waals surface area contributed by atoms with Gasteiger partial charge >= 0.3 is 0 Å². The molecule has 7 nitrogen and oxygen atoms in total. The molecular weight excluding hydrogens is 286 g/mol. The average Bonchev–Trinajstić information content (AvgIpc) is 3.00. The van der Waals surface area contributed by atoms with Crippen LogP contribution in [0.4, 0.5) is 11.9 Å². The van der Waals surface area contributed by atoms with E-state index < -0.39 is 0 Å². The minimum Gasteiger partial charge on any atom is -0.357 e. The summed E-state index contributed by atoms with van der Waals surface area (Å²) >= 11 is 2.01. The molecule has 1 fully saturated rings. The number of hydrogen-bond donors (Lipinski definition) is 1. The maximum absolute atomic E-state index is 4.59. The second-order valence-electron chi connectivity index (χ2n) is 5.14. The third-order valence-corrected chi connectivity index (χ3v) is 4.50. The minimum atomic E-state index is 0.570. The first-order valence-corrected chi connectivity index (χ1v) is 7.92. The molecule has 112 valence electrons. The van der Waals surface area contributed by atoms with Gasteiger partial charge in [0.2, 0.25) is 17.8 Å². The maximum atomic E-state index is 4.59. The number of nitrogens with one attached hydrogen (secondary N) is 1. The Morgan fingerprint density at radius 3 is 2.48 bits per heavy atom. The van der Waals surface area contributed by atoms with Crippen molar-refractivity contribution in [2.24, 2.45) is 0 Å². The fraction of sp³-hybridized carbons (Fsp3) is 0.538. The molecule has 3 heterocycles. The molecule has 8 heteroatoms. The first kappa shape index (κ1) is 14.1. The monoisotopic (exact) mass is 305 g/mol. The van der Waals surface area contributed by atoms with Gasteiger partial charge in [-0.2, -0.15) is 26.7 Å². The van der Waals surface area contributed by atoms with E-state index in [1.165, 1.54) is 0 Å². The van der Waals surface area contributed by atoms with Crippen molar-refractivity contribution in [1.29, 1.82) is 0 Å². The summed E-state index contributed by atoms with van der Waals surface area (Å²) in [5.74, 6) is 1.87. The molecule has 0 aliphatic carbocycles. The van der Waals surface area contributed by atoms with Gasteiger partial charge in [0.05, 0.1) is 0 Å². The number of imidazole rings is 1. The Hall–Kier alpha value is -1.83. The van der Waals surface area contributed by atoms with Crippen molar-refractivity contribution in [2.45, 2.75) is 24.3 Å². The van der Waals surface area contributed by atoms with E-state index in [0.717, 1.165) is 19.0 Å². The van der Waals surface area contributed by atoms with Crippen molar-refractivity contribution in [2.75, 3.05) is 30.4 Å². The Bertz CT molecular complexity index is 591. The zero-order valence-electron chi connectivity index (χ0n) is 12.4. The fourth-order valence-corrected chi connectivity index (χ4v) is 3.77. The lowest BCUT2D eigenvalue weighted by Gasteiger charge is -2.34. The van der Waals surface area contributed by atoms with E-state index >= 15 is 0 Å². The molecule has 3 rings (SSSR count). The Labute approximate surface area is 128 Å². The van der Waals surface area contributed by atoms with Crippen LogP contribution in [0.15, 0.2) is 18.7 Å². The van der Waals surface area contributed by atoms with Gasteiger partial charge in [-0.05, 0) is 0 Å². The molecule has 1 aliphatic heterocycles. The predicted molar refractivity (Wildman–Crippen MR) is 85.2 cm³/mol. The number of nitrogens with zero attached hydrogens (tertiary/aromatic N) is 6. The second kappa shape index (κ2) is 5.88. The molecule has 0 radical (unpaired) electrons. The van der Waals surface area contributed by atoms with Crippen LogP contribution in [0.25, 0.3) is 5.95 Å². The molecule has 21 heavy (non-hydrogen) atoms. The SMILES string of the molecule is CNc1nc(N2CC(C)SC(C)C2)nc(-n2ccnc2)n1. The number of hydrogen-bond acceptors (Lipinski definition) is 7. The van der Waals surface area contributed by atoms with E-state index in [4.69, 9.17) is 0 Å². The van der Waals surface area contributed by atoms with E-state index in [0.29, 0.717) is 22.4 Å². The van der Waals surface area contributed by atoms with Crippen LogP contribution >= 0.6 is 11.8 Å². The highest BCUT2D eigenvalue weighted by Gasteiger charge is 2.25. The third kappa shape index (κ3) is 3.10. The second-order valence-corrected chi connectivity index (χ2v) is 7.02. The smallest absolute Gasteiger partial charge is 0.241 e. The number of anilines is 2. The van der Waals surface area contributed by atoms with Crippen LogP contribution in [-0.2, 0) is 0 Å². The standard InChI is InChI=1S/C13H19N7S/c1-9-6-20(7-10(2)21-9)13-17-11(14-3)16-12(18-13)19-5-4-15-8-19/h4-5,8-10H,6-7H2,1-3H3,(H,14,16,17,18). The highest BCUT2D eigenvalue weighted by Crippen LogP contribution is 2.27. The zero-order chi connectivity index (χ0) is 14.8. The molecule has 2 aromatic heterocycles. The van der Waals surface area contributed by atoms with Crippen molar-refractivity contribution < 1.29 is 0 Å². The summed E-state index contributed by atoms with van der Waals surface area (Å²) in [5, 5.41) is 4.14. The van der Waals surface area contributed by atoms with Crippen molar-refractivity contribution in [1.82, 2.24) is 24.5 Å². The van der Waals surface area contributed by atoms with Crippen LogP contribution in [0.2, 0.25) is 0 Å². The lowest BCUT2D eigenvalue weighted by atomic mass is 10.3. The van der Waals surface area contributed by atoms with Crippen molar-refractivity contribution in [3.8, 4) is 5.95 Å². The van der Waals surface area contributed by atoms with Crippen molar-refractivity contribution >= 4 is 23.7 Å². The summed E-state index contributed by atoms with van der Waals surface area (Å²) in [6, 6.07) is 0. The Balaban J connectivity index is 1.96. The Morgan fingerprint density at radius 2 is 1.86 bits per heavy atom. The average molecular weight is 305 g/mol. The van der Waals surface area contributed by atoms with Crippen LogP contribution in [0.5, 0.6) is 0 Å². The largest absolute Gasteiger partial charge is 0.357 e. The van der Waals surface area contributed by atoms with Crippen LogP contribution in [0.1, 0.15) is 13.8 Å². The molecule has 1 aliphatic rings. The van der Waals surface area contributed by atoms with Crippen LogP contribution in [0, 0.1) is 0 Å². The van der Waals surface area contributed by atoms with Gasteiger partial charge in [0.15, 0.2) is 0 Å². The number of aromatic nitrogens is 5. The summed E-state index contributed by atoms with van der Waals surface area (Å²) in [7, 11) is 1.81. The summed E-state index contributed by atoms with van der Waals surface area (Å²) in [5.41, 5.74) is 0. The molecule has 0 saturated carbocycles. The van der Waals surface area contributed by atoms with Crippen LogP contribution < -0.4 is 10.2 Å². The van der Waals surface area contributed by atoms with E-state index in [1.54, 1.807) is 17.1 Å². The summed E-state index contributed by atoms with van der Waals surface area (Å²) in [4.78, 5) is 19.8. The molecule has 1 N–H and O–H groups in total. The van der Waals surface area contributed by atoms with Gasteiger partial charge in [0.25, 0.3) is 0 Å². The third-order valence-electron chi connectivity index (χ3n) is 3.27. The summed E-state index contributed by atoms with van der Waals surface area (Å²) in [6.45, 7) is 6.38. The summed E-state index contributed by atoms with van der Waals surface area (Å²) < 4.78 is 1.79. The van der Waals surface area contributed by atoms with E-state index in [-0.39, 0.29) is 0 Å². The van der Waals surface area contributed by atoms with Gasteiger partial charge in [-0.1, -0.05) is 13.8 Å². The molecule has 2 unspecified atom stereocenters. The molecular formula is C13H19N7S. The normalized spacial score (nSPS) is 22.3. The van der Waals surface area contributed by atoms with E-state index in [9.17, 15) is 0 Å². The molecule has 0 spiro atoms. The van der Waals surface area contributed by atoms with E-state index in [1.807, 2.05) is 25.0 Å². The van der Waals surface area contributed by atoms with Crippen molar-refractivity contribution in [3.05, 3.63) is 18.7 Å². The summed E-state index contributed by atoms with van der Waals surface area (Å²) in [6.07, 6.45) is 5.23. The molecule has 2 atom stereocenters. The highest BCUT2D eigenvalue weighted by molar-refractivity contribution is 8.00. The highest BCUT2D eigenvalue weighted by atomic mass is 32.2. The van der Waals surface area contributed by atoms with Gasteiger partial charge in [-0.25, -0.2) is 4.98 Å². The lowest BCUT2D eigenvalue weighted by Crippen LogP contribution is -2.41. The van der Waals surface area contributed by atoms with Gasteiger partial charge in [-0.15, -0.1) is 0 Å². The molecule has 0 aromatic carbocycles. The predicted octanol–water partition coefficient (Wildman–Crippen LogP) is 1.43. The van der Waals surface area contributed by atoms with Crippen LogP contribution in [0.3, 0.4) is 0 Å². The number of rotatable bonds is 3. The minimum absolute atomic E-state index is 0.570. The van der Waals surface area contributed by atoms with Crippen molar-refractivity contribution in [3.63, 3.8) is 0 Å². The van der Waals surface area contributed by atoms with Gasteiger partial charge < -0.3 is 10.2 Å². The Kier molecular flexibility index (Phi) is 3.96. The first-order valence-electron chi connectivity index (χ1n) is 6.98. The fourth-order valence-electron chi connectivity index (χ4n) is 2.44.